The summed E-state index contributed by atoms with van der Waals surface area (Å²) in [5, 5.41) is 0. The lowest BCUT2D eigenvalue weighted by Gasteiger charge is -1.79. The van der Waals surface area contributed by atoms with Crippen molar-refractivity contribution < 1.29 is 0 Å². The fourth-order valence-electron chi connectivity index (χ4n) is 0.707. The molecule has 0 saturated heterocycles. The third kappa shape index (κ3) is 126. The smallest absolute Gasteiger partial charge is 0.0538 e. The molecule has 0 nitrogen and oxygen atoms in total. The standard InChI is InChI=1S/2C5H12.C3H8.C2H6/c2*1-3-5-4-2;1-3-2;1-2/h2*3-5H2,1-2H3;3H2,1-2H3;1-2H3. The van der Waals surface area contributed by atoms with E-state index in [1.165, 1.54) is 44.9 Å². The van der Waals surface area contributed by atoms with Crippen LogP contribution < -0.4 is 0 Å². The molecule has 0 bridgehead atoms. The van der Waals surface area contributed by atoms with Crippen molar-refractivity contribution in [3.05, 3.63) is 0 Å². The summed E-state index contributed by atoms with van der Waals surface area (Å²) in [5.41, 5.74) is 0. The number of unbranched alkanes of at least 4 members (excludes halogenated alkanes) is 4. The van der Waals surface area contributed by atoms with E-state index < -0.39 is 0 Å². The first-order valence-corrected chi connectivity index (χ1v) is 7.24. The largest absolute Gasteiger partial charge is 0.0683 e. The van der Waals surface area contributed by atoms with E-state index in [9.17, 15) is 0 Å². The summed E-state index contributed by atoms with van der Waals surface area (Å²) in [5.74, 6) is 0. The van der Waals surface area contributed by atoms with Crippen LogP contribution in [-0.4, -0.2) is 0 Å². The maximum absolute atomic E-state index is 2.21. The average Bonchev–Trinajstić information content (AvgIpc) is 2.25. The third-order valence-corrected chi connectivity index (χ3v) is 1.41. The van der Waals surface area contributed by atoms with Gasteiger partial charge >= 0.3 is 0 Å². The van der Waals surface area contributed by atoms with Gasteiger partial charge in [0.15, 0.2) is 0 Å². The molecule has 0 heterocycles. The van der Waals surface area contributed by atoms with Crippen molar-refractivity contribution >= 4 is 0 Å². The Balaban J connectivity index is -0.0000000574. The Kier molecular flexibility index (Phi) is 78.2. The number of hydrogen-bond acceptors (Lipinski definition) is 0. The highest BCUT2D eigenvalue weighted by Crippen LogP contribution is 1.88. The topological polar surface area (TPSA) is 0 Å². The van der Waals surface area contributed by atoms with Crippen LogP contribution in [0.25, 0.3) is 0 Å². The molecular formula is C15H38. The van der Waals surface area contributed by atoms with Crippen LogP contribution in [-0.2, 0) is 0 Å². The van der Waals surface area contributed by atoms with Crippen molar-refractivity contribution in [2.24, 2.45) is 0 Å². The van der Waals surface area contributed by atoms with Gasteiger partial charge in [0.2, 0.25) is 0 Å². The first-order chi connectivity index (χ1) is 7.24. The predicted molar refractivity (Wildman–Crippen MR) is 77.7 cm³/mol. The molecule has 0 aliphatic rings. The minimum Gasteiger partial charge on any atom is -0.0683 e. The van der Waals surface area contributed by atoms with E-state index in [-0.39, 0.29) is 0 Å². The van der Waals surface area contributed by atoms with Gasteiger partial charge in [0.05, 0.1) is 0 Å². The minimum absolute atomic E-state index is 1.25. The zero-order valence-corrected chi connectivity index (χ0v) is 12.9. The van der Waals surface area contributed by atoms with Crippen molar-refractivity contribution in [1.29, 1.82) is 0 Å². The van der Waals surface area contributed by atoms with Gasteiger partial charge in [-0.1, -0.05) is 100 Å². The highest BCUT2D eigenvalue weighted by molar-refractivity contribution is 4.24. The Labute approximate surface area is 101 Å². The quantitative estimate of drug-likeness (QED) is 0.485. The Morgan fingerprint density at radius 2 is 0.600 bits per heavy atom. The Morgan fingerprint density at radius 3 is 0.600 bits per heavy atom. The molecule has 98 valence electrons. The summed E-state index contributed by atoms with van der Waals surface area (Å²) >= 11 is 0. The summed E-state index contributed by atoms with van der Waals surface area (Å²) in [6.45, 7) is 17.1. The monoisotopic (exact) mass is 218 g/mol. The first kappa shape index (κ1) is 24.3. The molecule has 0 fully saturated rings. The molecule has 0 atom stereocenters. The van der Waals surface area contributed by atoms with Crippen LogP contribution in [0, 0.1) is 0 Å². The zero-order valence-electron chi connectivity index (χ0n) is 12.9. The molecule has 0 spiro atoms. The molecule has 0 unspecified atom stereocenters. The van der Waals surface area contributed by atoms with Crippen LogP contribution in [0.2, 0.25) is 0 Å². The second-order valence-corrected chi connectivity index (χ2v) is 3.41. The number of hydrogen-bond donors (Lipinski definition) is 0. The van der Waals surface area contributed by atoms with Crippen molar-refractivity contribution in [3.63, 3.8) is 0 Å². The Morgan fingerprint density at radius 1 is 0.467 bits per heavy atom. The van der Waals surface area contributed by atoms with Crippen LogP contribution in [0.1, 0.15) is 100 Å². The third-order valence-electron chi connectivity index (χ3n) is 1.41. The Hall–Kier alpha value is 0. The van der Waals surface area contributed by atoms with Crippen LogP contribution in [0.3, 0.4) is 0 Å². The first-order valence-electron chi connectivity index (χ1n) is 7.24. The maximum atomic E-state index is 2.21. The van der Waals surface area contributed by atoms with Crippen molar-refractivity contribution in [2.75, 3.05) is 0 Å². The van der Waals surface area contributed by atoms with Crippen molar-refractivity contribution in [1.82, 2.24) is 0 Å². The molecule has 0 saturated carbocycles. The molecule has 0 aromatic heterocycles. The van der Waals surface area contributed by atoms with Gasteiger partial charge in [0.25, 0.3) is 0 Å². The summed E-state index contributed by atoms with van der Waals surface area (Å²) in [7, 11) is 0. The molecule has 15 heavy (non-hydrogen) atoms. The summed E-state index contributed by atoms with van der Waals surface area (Å²) in [6, 6.07) is 0. The summed E-state index contributed by atoms with van der Waals surface area (Å²) in [6.07, 6.45) is 9.40. The molecule has 0 aliphatic heterocycles. The van der Waals surface area contributed by atoms with Gasteiger partial charge < -0.3 is 0 Å². The van der Waals surface area contributed by atoms with Gasteiger partial charge in [-0.2, -0.15) is 0 Å². The molecule has 0 amide bonds. The van der Waals surface area contributed by atoms with E-state index in [2.05, 4.69) is 41.5 Å². The van der Waals surface area contributed by atoms with E-state index in [1.54, 1.807) is 0 Å². The van der Waals surface area contributed by atoms with Gasteiger partial charge in [0, 0.05) is 0 Å². The summed E-state index contributed by atoms with van der Waals surface area (Å²) in [4.78, 5) is 0. The van der Waals surface area contributed by atoms with Crippen LogP contribution in [0.4, 0.5) is 0 Å². The molecular weight excluding hydrogens is 180 g/mol. The molecule has 0 rings (SSSR count). The zero-order chi connectivity index (χ0) is 12.9. The fourth-order valence-corrected chi connectivity index (χ4v) is 0.707. The molecule has 0 heteroatoms. The van der Waals surface area contributed by atoms with E-state index >= 15 is 0 Å². The van der Waals surface area contributed by atoms with E-state index in [0.29, 0.717) is 0 Å². The lowest BCUT2D eigenvalue weighted by atomic mass is 10.3. The number of rotatable bonds is 4. The van der Waals surface area contributed by atoms with Gasteiger partial charge in [-0.15, -0.1) is 0 Å². The van der Waals surface area contributed by atoms with Crippen LogP contribution >= 0.6 is 0 Å². The molecule has 0 aliphatic carbocycles. The highest BCUT2D eigenvalue weighted by Gasteiger charge is 1.68. The van der Waals surface area contributed by atoms with E-state index in [4.69, 9.17) is 0 Å². The molecule has 0 aromatic carbocycles. The lowest BCUT2D eigenvalue weighted by Crippen LogP contribution is -1.59. The lowest BCUT2D eigenvalue weighted by molar-refractivity contribution is 0.772. The van der Waals surface area contributed by atoms with Crippen molar-refractivity contribution in [3.8, 4) is 0 Å². The highest BCUT2D eigenvalue weighted by atomic mass is 13.7. The minimum atomic E-state index is 1.25. The van der Waals surface area contributed by atoms with Crippen LogP contribution in [0.15, 0.2) is 0 Å². The van der Waals surface area contributed by atoms with Crippen molar-refractivity contribution in [2.45, 2.75) is 100 Å². The normalized spacial score (nSPS) is 7.20. The predicted octanol–water partition coefficient (Wildman–Crippen LogP) is 6.84. The average molecular weight is 218 g/mol. The van der Waals surface area contributed by atoms with Gasteiger partial charge in [0.1, 0.15) is 0 Å². The molecule has 0 aromatic rings. The van der Waals surface area contributed by atoms with E-state index in [1.807, 2.05) is 13.8 Å². The maximum Gasteiger partial charge on any atom is -0.0538 e. The second-order valence-electron chi connectivity index (χ2n) is 3.41. The van der Waals surface area contributed by atoms with Crippen LogP contribution in [0.5, 0.6) is 0 Å². The fraction of sp³-hybridized carbons (Fsp3) is 1.00. The van der Waals surface area contributed by atoms with Gasteiger partial charge in [-0.25, -0.2) is 0 Å². The Bertz CT molecular complexity index is 29.3. The van der Waals surface area contributed by atoms with Gasteiger partial charge in [-0.3, -0.25) is 0 Å². The summed E-state index contributed by atoms with van der Waals surface area (Å²) < 4.78 is 0. The SMILES string of the molecule is CC.CCC.CCCCC.CCCCC. The molecule has 0 radical (unpaired) electrons. The molecule has 0 N–H and O–H groups in total. The van der Waals surface area contributed by atoms with Gasteiger partial charge in [-0.05, 0) is 0 Å². The van der Waals surface area contributed by atoms with E-state index in [0.717, 1.165) is 0 Å². The second kappa shape index (κ2) is 48.3.